The molecular weight excluding hydrogens is 106 g/mol. The van der Waals surface area contributed by atoms with Crippen molar-refractivity contribution in [1.29, 1.82) is 0 Å². The Morgan fingerprint density at radius 2 is 2.62 bits per heavy atom. The van der Waals surface area contributed by atoms with Gasteiger partial charge in [-0.05, 0) is 6.92 Å². The lowest BCUT2D eigenvalue weighted by molar-refractivity contribution is 0.540. The van der Waals surface area contributed by atoms with Gasteiger partial charge in [-0.15, -0.1) is 5.10 Å². The number of aryl methyl sites for hydroxylation is 1. The first kappa shape index (κ1) is 4.96. The minimum atomic E-state index is 0.597. The van der Waals surface area contributed by atoms with Crippen LogP contribution in [0.3, 0.4) is 0 Å². The quantitative estimate of drug-likeness (QED) is 0.464. The number of carbonyl (C=O) groups excluding carboxylic acids is 1. The van der Waals surface area contributed by atoms with E-state index in [4.69, 9.17) is 0 Å². The van der Waals surface area contributed by atoms with E-state index < -0.39 is 0 Å². The molecule has 0 fully saturated rings. The van der Waals surface area contributed by atoms with Gasteiger partial charge in [0.15, 0.2) is 0 Å². The Kier molecular flexibility index (Phi) is 1.07. The summed E-state index contributed by atoms with van der Waals surface area (Å²) in [6.45, 7) is 1.72. The van der Waals surface area contributed by atoms with Gasteiger partial charge in [0, 0.05) is 0 Å². The summed E-state index contributed by atoms with van der Waals surface area (Å²) < 4.78 is 1.12. The lowest BCUT2D eigenvalue weighted by Gasteiger charge is -1.75. The summed E-state index contributed by atoms with van der Waals surface area (Å²) in [5.41, 5.74) is 0. The van der Waals surface area contributed by atoms with Crippen LogP contribution < -0.4 is 0 Å². The summed E-state index contributed by atoms with van der Waals surface area (Å²) in [4.78, 5) is 13.6. The topological polar surface area (TPSA) is 47.8 Å². The van der Waals surface area contributed by atoms with Crippen LogP contribution in [0.2, 0.25) is 0 Å². The molecule has 0 saturated heterocycles. The predicted octanol–water partition coefficient (Wildman–Crippen LogP) is -0.375. The van der Waals surface area contributed by atoms with Crippen LogP contribution >= 0.6 is 0 Å². The standard InChI is InChI=1S/C4H5N3O/c1-4-5-2-7(3-8)6-4/h2-3H,1H3. The van der Waals surface area contributed by atoms with Crippen LogP contribution in [-0.4, -0.2) is 21.2 Å². The molecule has 0 N–H and O–H groups in total. The van der Waals surface area contributed by atoms with Gasteiger partial charge in [0.1, 0.15) is 12.2 Å². The van der Waals surface area contributed by atoms with Gasteiger partial charge in [-0.3, -0.25) is 4.79 Å². The summed E-state index contributed by atoms with van der Waals surface area (Å²) >= 11 is 0. The van der Waals surface area contributed by atoms with Crippen molar-refractivity contribution in [3.05, 3.63) is 12.2 Å². The van der Waals surface area contributed by atoms with Crippen LogP contribution in [0.15, 0.2) is 6.33 Å². The third kappa shape index (κ3) is 0.726. The van der Waals surface area contributed by atoms with E-state index in [2.05, 4.69) is 10.1 Å². The number of rotatable bonds is 1. The van der Waals surface area contributed by atoms with Gasteiger partial charge in [0.2, 0.25) is 6.41 Å². The molecule has 1 rings (SSSR count). The Balaban J connectivity index is 3.00. The summed E-state index contributed by atoms with van der Waals surface area (Å²) in [5.74, 6) is 0.608. The van der Waals surface area contributed by atoms with E-state index in [-0.39, 0.29) is 0 Å². The molecule has 1 heterocycles. The molecule has 0 bridgehead atoms. The Hall–Kier alpha value is -1.19. The molecule has 4 heteroatoms. The Labute approximate surface area is 46.1 Å². The van der Waals surface area contributed by atoms with E-state index in [9.17, 15) is 4.79 Å². The van der Waals surface area contributed by atoms with Gasteiger partial charge in [0.25, 0.3) is 0 Å². The number of nitrogens with zero attached hydrogens (tertiary/aromatic N) is 3. The van der Waals surface area contributed by atoms with E-state index >= 15 is 0 Å². The summed E-state index contributed by atoms with van der Waals surface area (Å²) in [5, 5.41) is 3.67. The van der Waals surface area contributed by atoms with Gasteiger partial charge < -0.3 is 0 Å². The molecule has 0 aromatic carbocycles. The maximum atomic E-state index is 9.88. The van der Waals surface area contributed by atoms with Crippen molar-refractivity contribution in [1.82, 2.24) is 14.8 Å². The van der Waals surface area contributed by atoms with E-state index in [0.29, 0.717) is 12.2 Å². The van der Waals surface area contributed by atoms with E-state index in [1.54, 1.807) is 6.92 Å². The van der Waals surface area contributed by atoms with Crippen LogP contribution in [0.25, 0.3) is 0 Å². The lowest BCUT2D eigenvalue weighted by Crippen LogP contribution is -1.93. The molecule has 0 atom stereocenters. The van der Waals surface area contributed by atoms with Gasteiger partial charge >= 0.3 is 0 Å². The molecule has 42 valence electrons. The molecule has 4 nitrogen and oxygen atoms in total. The fourth-order valence-corrected chi connectivity index (χ4v) is 0.412. The van der Waals surface area contributed by atoms with Gasteiger partial charge in [0.05, 0.1) is 0 Å². The maximum absolute atomic E-state index is 9.88. The normalized spacial score (nSPS) is 9.12. The second kappa shape index (κ2) is 1.73. The van der Waals surface area contributed by atoms with Gasteiger partial charge in [-0.1, -0.05) is 0 Å². The van der Waals surface area contributed by atoms with Crippen molar-refractivity contribution in [3.63, 3.8) is 0 Å². The molecule has 1 aromatic rings. The Morgan fingerprint density at radius 3 is 2.88 bits per heavy atom. The van der Waals surface area contributed by atoms with E-state index in [1.165, 1.54) is 6.33 Å². The van der Waals surface area contributed by atoms with Crippen molar-refractivity contribution < 1.29 is 4.79 Å². The fourth-order valence-electron chi connectivity index (χ4n) is 0.412. The van der Waals surface area contributed by atoms with Crippen LogP contribution in [0.5, 0.6) is 0 Å². The minimum absolute atomic E-state index is 0.597. The number of hydrogen-bond acceptors (Lipinski definition) is 3. The molecule has 1 aromatic heterocycles. The van der Waals surface area contributed by atoms with Crippen molar-refractivity contribution in [2.75, 3.05) is 0 Å². The molecule has 0 aliphatic rings. The number of carbonyl (C=O) groups is 1. The summed E-state index contributed by atoms with van der Waals surface area (Å²) in [6, 6.07) is 0. The zero-order valence-corrected chi connectivity index (χ0v) is 4.40. The lowest BCUT2D eigenvalue weighted by atomic mass is 10.8. The monoisotopic (exact) mass is 111 g/mol. The zero-order valence-electron chi connectivity index (χ0n) is 4.40. The molecule has 0 saturated carbocycles. The first-order chi connectivity index (χ1) is 3.83. The average molecular weight is 111 g/mol. The van der Waals surface area contributed by atoms with Gasteiger partial charge in [-0.2, -0.15) is 4.68 Å². The van der Waals surface area contributed by atoms with Crippen LogP contribution in [-0.2, 0) is 4.79 Å². The first-order valence-corrected chi connectivity index (χ1v) is 2.16. The largest absolute Gasteiger partial charge is 0.276 e. The predicted molar refractivity (Wildman–Crippen MR) is 26.9 cm³/mol. The fraction of sp³-hybridized carbons (Fsp3) is 0.250. The molecule has 0 spiro atoms. The van der Waals surface area contributed by atoms with Crippen LogP contribution in [0.1, 0.15) is 5.82 Å². The van der Waals surface area contributed by atoms with Crippen LogP contribution in [0.4, 0.5) is 0 Å². The van der Waals surface area contributed by atoms with Crippen LogP contribution in [0, 0.1) is 6.92 Å². The zero-order chi connectivity index (χ0) is 5.98. The van der Waals surface area contributed by atoms with E-state index in [1.807, 2.05) is 0 Å². The molecule has 0 radical (unpaired) electrons. The molecule has 0 unspecified atom stereocenters. The summed E-state index contributed by atoms with van der Waals surface area (Å²) in [6.07, 6.45) is 1.96. The van der Waals surface area contributed by atoms with E-state index in [0.717, 1.165) is 4.68 Å². The highest BCUT2D eigenvalue weighted by Gasteiger charge is 1.88. The summed E-state index contributed by atoms with van der Waals surface area (Å²) in [7, 11) is 0. The molecule has 0 aliphatic carbocycles. The Bertz CT molecular complexity index is 193. The van der Waals surface area contributed by atoms with Crippen molar-refractivity contribution in [2.45, 2.75) is 6.92 Å². The molecule has 0 aliphatic heterocycles. The van der Waals surface area contributed by atoms with Gasteiger partial charge in [-0.25, -0.2) is 4.98 Å². The minimum Gasteiger partial charge on any atom is -0.276 e. The highest BCUT2D eigenvalue weighted by atomic mass is 16.1. The second-order valence-corrected chi connectivity index (χ2v) is 1.38. The Morgan fingerprint density at radius 1 is 1.88 bits per heavy atom. The number of hydrogen-bond donors (Lipinski definition) is 0. The molecule has 0 amide bonds. The molecular formula is C4H5N3O. The van der Waals surface area contributed by atoms with Crippen molar-refractivity contribution >= 4 is 6.41 Å². The highest BCUT2D eigenvalue weighted by Crippen LogP contribution is 1.79. The smallest absolute Gasteiger partial charge is 0.235 e. The third-order valence-corrected chi connectivity index (χ3v) is 0.731. The van der Waals surface area contributed by atoms with Crippen molar-refractivity contribution in [3.8, 4) is 0 Å². The highest BCUT2D eigenvalue weighted by molar-refractivity contribution is 5.49. The molecule has 8 heavy (non-hydrogen) atoms. The first-order valence-electron chi connectivity index (χ1n) is 2.16. The average Bonchev–Trinajstić information content (AvgIpc) is 2.14. The second-order valence-electron chi connectivity index (χ2n) is 1.38. The number of aromatic nitrogens is 3. The SMILES string of the molecule is Cc1ncn(C=O)n1. The maximum Gasteiger partial charge on any atom is 0.235 e. The third-order valence-electron chi connectivity index (χ3n) is 0.731. The van der Waals surface area contributed by atoms with Crippen molar-refractivity contribution in [2.24, 2.45) is 0 Å².